The van der Waals surface area contributed by atoms with Crippen molar-refractivity contribution in [3.05, 3.63) is 0 Å². The number of sulfone groups is 1. The van der Waals surface area contributed by atoms with E-state index in [-0.39, 0.29) is 23.5 Å². The molecule has 2 aliphatic heterocycles. The van der Waals surface area contributed by atoms with Gasteiger partial charge in [0.05, 0.1) is 18.5 Å². The quantitative estimate of drug-likeness (QED) is 0.714. The largest absolute Gasteiger partial charge is 0.375 e. The van der Waals surface area contributed by atoms with Gasteiger partial charge in [0.15, 0.2) is 9.84 Å². The minimum absolute atomic E-state index is 0.0699. The number of rotatable bonds is 4. The molecule has 1 unspecified atom stereocenters. The van der Waals surface area contributed by atoms with Crippen LogP contribution in [0.2, 0.25) is 0 Å². The van der Waals surface area contributed by atoms with Gasteiger partial charge in [0.2, 0.25) is 5.91 Å². The number of ether oxygens (including phenoxy) is 1. The van der Waals surface area contributed by atoms with E-state index in [1.165, 1.54) is 0 Å². The van der Waals surface area contributed by atoms with Crippen LogP contribution < -0.4 is 5.32 Å². The number of carbonyl (C=O) groups excluding carboxylic acids is 1. The molecule has 0 radical (unpaired) electrons. The number of hydrogen-bond acceptors (Lipinski definition) is 5. The smallest absolute Gasteiger partial charge is 0.237 e. The highest BCUT2D eigenvalue weighted by atomic mass is 32.2. The molecule has 2 rings (SSSR count). The monoisotopic (exact) mass is 276 g/mol. The summed E-state index contributed by atoms with van der Waals surface area (Å²) in [5, 5.41) is 3.08. The molecule has 0 spiro atoms. The van der Waals surface area contributed by atoms with E-state index in [1.54, 1.807) is 4.90 Å². The first-order chi connectivity index (χ1) is 8.57. The number of hydrogen-bond donors (Lipinski definition) is 1. The van der Waals surface area contributed by atoms with Crippen molar-refractivity contribution in [3.63, 3.8) is 0 Å². The second-order valence-corrected chi connectivity index (χ2v) is 6.95. The standard InChI is InChI=1S/C11H20N2O4S/c14-11(13-4-1-2-5-13)9-18(15,16)8-10-7-12-3-6-17-10/h10,12H,1-9H2. The molecule has 0 aromatic carbocycles. The SMILES string of the molecule is O=C(CS(=O)(=O)CC1CNCCO1)N1CCCC1. The summed E-state index contributed by atoms with van der Waals surface area (Å²) in [5.41, 5.74) is 0. The zero-order valence-corrected chi connectivity index (χ0v) is 11.2. The van der Waals surface area contributed by atoms with Gasteiger partial charge in [0, 0.05) is 26.2 Å². The van der Waals surface area contributed by atoms with Gasteiger partial charge < -0.3 is 15.0 Å². The molecule has 7 heteroatoms. The lowest BCUT2D eigenvalue weighted by Gasteiger charge is -2.23. The summed E-state index contributed by atoms with van der Waals surface area (Å²) in [6.45, 7) is 3.20. The highest BCUT2D eigenvalue weighted by molar-refractivity contribution is 7.92. The van der Waals surface area contributed by atoms with Crippen LogP contribution in [0.3, 0.4) is 0 Å². The number of morpholine rings is 1. The third-order valence-corrected chi connectivity index (χ3v) is 4.81. The van der Waals surface area contributed by atoms with Gasteiger partial charge in [-0.05, 0) is 12.8 Å². The normalized spacial score (nSPS) is 25.3. The van der Waals surface area contributed by atoms with Gasteiger partial charge in [0.1, 0.15) is 5.75 Å². The zero-order valence-electron chi connectivity index (χ0n) is 10.4. The summed E-state index contributed by atoms with van der Waals surface area (Å²) in [5.74, 6) is -0.719. The number of likely N-dealkylation sites (tertiary alicyclic amines) is 1. The molecule has 0 aromatic rings. The van der Waals surface area contributed by atoms with Crippen LogP contribution in [0.25, 0.3) is 0 Å². The van der Waals surface area contributed by atoms with Crippen molar-refractivity contribution in [2.24, 2.45) is 0 Å². The first-order valence-electron chi connectivity index (χ1n) is 6.37. The summed E-state index contributed by atoms with van der Waals surface area (Å²) in [7, 11) is -3.37. The number of nitrogens with one attached hydrogen (secondary N) is 1. The van der Waals surface area contributed by atoms with Crippen LogP contribution in [-0.2, 0) is 19.4 Å². The van der Waals surface area contributed by atoms with Crippen molar-refractivity contribution in [3.8, 4) is 0 Å². The van der Waals surface area contributed by atoms with E-state index >= 15 is 0 Å². The molecule has 6 nitrogen and oxygen atoms in total. The molecule has 18 heavy (non-hydrogen) atoms. The summed E-state index contributed by atoms with van der Waals surface area (Å²) in [6.07, 6.45) is 1.62. The van der Waals surface area contributed by atoms with Gasteiger partial charge in [0.25, 0.3) is 0 Å². The molecule has 0 saturated carbocycles. The summed E-state index contributed by atoms with van der Waals surface area (Å²) in [6, 6.07) is 0. The van der Waals surface area contributed by atoms with Gasteiger partial charge in [-0.25, -0.2) is 8.42 Å². The molecule has 104 valence electrons. The molecule has 2 saturated heterocycles. The van der Waals surface area contributed by atoms with Gasteiger partial charge in [-0.1, -0.05) is 0 Å². The lowest BCUT2D eigenvalue weighted by Crippen LogP contribution is -2.44. The third-order valence-electron chi connectivity index (χ3n) is 3.25. The van der Waals surface area contributed by atoms with E-state index in [0.717, 1.165) is 19.4 Å². The van der Waals surface area contributed by atoms with E-state index in [1.807, 2.05) is 0 Å². The van der Waals surface area contributed by atoms with Gasteiger partial charge in [-0.15, -0.1) is 0 Å². The lowest BCUT2D eigenvalue weighted by molar-refractivity contribution is -0.127. The van der Waals surface area contributed by atoms with Crippen LogP contribution in [0.1, 0.15) is 12.8 Å². The molecule has 0 aromatic heterocycles. The molecule has 0 bridgehead atoms. The zero-order chi connectivity index (χ0) is 13.0. The highest BCUT2D eigenvalue weighted by Crippen LogP contribution is 2.09. The minimum Gasteiger partial charge on any atom is -0.375 e. The molecule has 2 aliphatic rings. The summed E-state index contributed by atoms with van der Waals surface area (Å²) < 4.78 is 29.2. The van der Waals surface area contributed by atoms with E-state index in [0.29, 0.717) is 26.2 Å². The Labute approximate surface area is 108 Å². The fraction of sp³-hybridized carbons (Fsp3) is 0.909. The number of nitrogens with zero attached hydrogens (tertiary/aromatic N) is 1. The molecule has 2 fully saturated rings. The predicted octanol–water partition coefficient (Wildman–Crippen LogP) is -0.988. The van der Waals surface area contributed by atoms with Crippen LogP contribution >= 0.6 is 0 Å². The Balaban J connectivity index is 1.84. The van der Waals surface area contributed by atoms with Gasteiger partial charge >= 0.3 is 0 Å². The van der Waals surface area contributed by atoms with Crippen molar-refractivity contribution in [1.82, 2.24) is 10.2 Å². The Hall–Kier alpha value is -0.660. The van der Waals surface area contributed by atoms with Gasteiger partial charge in [-0.2, -0.15) is 0 Å². The van der Waals surface area contributed by atoms with Crippen molar-refractivity contribution in [1.29, 1.82) is 0 Å². The van der Waals surface area contributed by atoms with Crippen molar-refractivity contribution >= 4 is 15.7 Å². The van der Waals surface area contributed by atoms with Gasteiger partial charge in [-0.3, -0.25) is 4.79 Å². The molecular weight excluding hydrogens is 256 g/mol. The maximum Gasteiger partial charge on any atom is 0.237 e. The van der Waals surface area contributed by atoms with Crippen LogP contribution in [0.5, 0.6) is 0 Å². The maximum absolute atomic E-state index is 11.9. The average molecular weight is 276 g/mol. The second-order valence-electron chi connectivity index (χ2n) is 4.84. The summed E-state index contributed by atoms with van der Waals surface area (Å²) >= 11 is 0. The molecule has 0 aliphatic carbocycles. The Morgan fingerprint density at radius 1 is 1.33 bits per heavy atom. The molecule has 1 atom stereocenters. The number of amides is 1. The Morgan fingerprint density at radius 2 is 2.06 bits per heavy atom. The van der Waals surface area contributed by atoms with Crippen LogP contribution in [0.15, 0.2) is 0 Å². The average Bonchev–Trinajstić information content (AvgIpc) is 2.82. The van der Waals surface area contributed by atoms with Crippen molar-refractivity contribution < 1.29 is 17.9 Å². The van der Waals surface area contributed by atoms with E-state index in [4.69, 9.17) is 4.74 Å². The molecule has 1 N–H and O–H groups in total. The van der Waals surface area contributed by atoms with E-state index in [9.17, 15) is 13.2 Å². The summed E-state index contributed by atoms with van der Waals surface area (Å²) in [4.78, 5) is 13.4. The third kappa shape index (κ3) is 3.93. The molecule has 2 heterocycles. The Bertz CT molecular complexity index is 384. The van der Waals surface area contributed by atoms with Crippen molar-refractivity contribution in [2.45, 2.75) is 18.9 Å². The fourth-order valence-electron chi connectivity index (χ4n) is 2.31. The van der Waals surface area contributed by atoms with E-state index < -0.39 is 9.84 Å². The van der Waals surface area contributed by atoms with E-state index in [2.05, 4.69) is 5.32 Å². The second kappa shape index (κ2) is 5.99. The first-order valence-corrected chi connectivity index (χ1v) is 8.19. The number of carbonyl (C=O) groups is 1. The van der Waals surface area contributed by atoms with Crippen molar-refractivity contribution in [2.75, 3.05) is 44.3 Å². The maximum atomic E-state index is 11.9. The fourth-order valence-corrected chi connectivity index (χ4v) is 3.77. The minimum atomic E-state index is -3.37. The predicted molar refractivity (Wildman–Crippen MR) is 67.1 cm³/mol. The lowest BCUT2D eigenvalue weighted by atomic mass is 10.3. The van der Waals surface area contributed by atoms with Crippen LogP contribution in [0.4, 0.5) is 0 Å². The molecular formula is C11H20N2O4S. The highest BCUT2D eigenvalue weighted by Gasteiger charge is 2.27. The Morgan fingerprint density at radius 3 is 2.67 bits per heavy atom. The topological polar surface area (TPSA) is 75.7 Å². The first kappa shape index (κ1) is 13.8. The van der Waals surface area contributed by atoms with Crippen LogP contribution in [-0.4, -0.2) is 69.6 Å². The Kier molecular flexibility index (Phi) is 4.58. The molecule has 1 amide bonds. The van der Waals surface area contributed by atoms with Crippen LogP contribution in [0, 0.1) is 0 Å².